The number of aromatic nitrogens is 4. The third kappa shape index (κ3) is 3.03. The Morgan fingerprint density at radius 1 is 1.26 bits per heavy atom. The number of ether oxygens (including phenoxy) is 1. The van der Waals surface area contributed by atoms with E-state index in [1.54, 1.807) is 0 Å². The molecule has 4 heterocycles. The third-order valence-electron chi connectivity index (χ3n) is 4.92. The number of likely N-dealkylation sites (tertiary alicyclic amines) is 1. The number of nitrogens with zero attached hydrogens (tertiary/aromatic N) is 5. The molecule has 0 saturated carbocycles. The molecule has 4 rings (SSSR count). The quantitative estimate of drug-likeness (QED) is 0.859. The van der Waals surface area contributed by atoms with Gasteiger partial charge in [0.1, 0.15) is 5.82 Å². The summed E-state index contributed by atoms with van der Waals surface area (Å²) in [6.45, 7) is 3.36. The van der Waals surface area contributed by atoms with Crippen LogP contribution in [-0.4, -0.2) is 44.4 Å². The Balaban J connectivity index is 1.45. The zero-order chi connectivity index (χ0) is 15.6. The zero-order valence-electron chi connectivity index (χ0n) is 13.5. The van der Waals surface area contributed by atoms with Crippen molar-refractivity contribution in [1.82, 2.24) is 24.6 Å². The zero-order valence-corrected chi connectivity index (χ0v) is 13.5. The van der Waals surface area contributed by atoms with Crippen LogP contribution in [0.5, 0.6) is 0 Å². The van der Waals surface area contributed by atoms with E-state index in [1.807, 2.05) is 12.4 Å². The molecule has 1 unspecified atom stereocenters. The number of hydrogen-bond donors (Lipinski definition) is 0. The second-order valence-electron chi connectivity index (χ2n) is 6.46. The summed E-state index contributed by atoms with van der Waals surface area (Å²) in [5.74, 6) is 3.04. The van der Waals surface area contributed by atoms with Crippen molar-refractivity contribution >= 4 is 0 Å². The van der Waals surface area contributed by atoms with Gasteiger partial charge >= 0.3 is 0 Å². The van der Waals surface area contributed by atoms with Crippen LogP contribution >= 0.6 is 0 Å². The fourth-order valence-electron chi connectivity index (χ4n) is 3.63. The maximum atomic E-state index is 5.50. The second-order valence-corrected chi connectivity index (χ2v) is 6.46. The minimum Gasteiger partial charge on any atom is -0.381 e. The van der Waals surface area contributed by atoms with Gasteiger partial charge in [-0.15, -0.1) is 0 Å². The summed E-state index contributed by atoms with van der Waals surface area (Å²) < 4.78 is 13.0. The van der Waals surface area contributed by atoms with Crippen LogP contribution in [0.25, 0.3) is 0 Å². The minimum absolute atomic E-state index is 0.347. The molecule has 0 aromatic carbocycles. The highest BCUT2D eigenvalue weighted by atomic mass is 16.5. The molecule has 0 radical (unpaired) electrons. The molecule has 2 fully saturated rings. The van der Waals surface area contributed by atoms with E-state index in [1.165, 1.54) is 6.42 Å². The summed E-state index contributed by atoms with van der Waals surface area (Å²) in [6, 6.07) is 0.347. The third-order valence-corrected chi connectivity index (χ3v) is 4.92. The molecule has 23 heavy (non-hydrogen) atoms. The summed E-state index contributed by atoms with van der Waals surface area (Å²) in [5, 5.41) is 4.20. The van der Waals surface area contributed by atoms with E-state index >= 15 is 0 Å². The molecular formula is C16H23N5O2. The van der Waals surface area contributed by atoms with E-state index in [-0.39, 0.29) is 0 Å². The van der Waals surface area contributed by atoms with Crippen molar-refractivity contribution in [3.05, 3.63) is 29.9 Å². The number of rotatable bonds is 4. The molecule has 2 aliphatic heterocycles. The Hall–Kier alpha value is -1.73. The van der Waals surface area contributed by atoms with Crippen LogP contribution < -0.4 is 0 Å². The first-order chi connectivity index (χ1) is 11.3. The lowest BCUT2D eigenvalue weighted by molar-refractivity contribution is 0.0778. The lowest BCUT2D eigenvalue weighted by atomic mass is 10.0. The standard InChI is InChI=1S/C16H23N5O2/c1-20-8-6-17-15(20)13-3-2-7-21(13)11-14-18-16(23-19-14)12-4-9-22-10-5-12/h6,8,12-13H,2-5,7,9-11H2,1H3. The maximum Gasteiger partial charge on any atom is 0.229 e. The van der Waals surface area contributed by atoms with Crippen LogP contribution in [0.4, 0.5) is 0 Å². The van der Waals surface area contributed by atoms with Gasteiger partial charge in [-0.25, -0.2) is 4.98 Å². The molecule has 2 aromatic heterocycles. The van der Waals surface area contributed by atoms with Gasteiger partial charge in [-0.05, 0) is 32.2 Å². The molecular weight excluding hydrogens is 294 g/mol. The highest BCUT2D eigenvalue weighted by Gasteiger charge is 2.30. The molecule has 7 heteroatoms. The molecule has 0 bridgehead atoms. The summed E-state index contributed by atoms with van der Waals surface area (Å²) in [4.78, 5) is 11.5. The van der Waals surface area contributed by atoms with Crippen LogP contribution in [0.2, 0.25) is 0 Å². The van der Waals surface area contributed by atoms with Crippen LogP contribution in [-0.2, 0) is 18.3 Å². The van der Waals surface area contributed by atoms with E-state index in [0.29, 0.717) is 12.0 Å². The Morgan fingerprint density at radius 2 is 2.13 bits per heavy atom. The molecule has 124 valence electrons. The van der Waals surface area contributed by atoms with E-state index in [0.717, 1.165) is 63.1 Å². The fraction of sp³-hybridized carbons (Fsp3) is 0.688. The Labute approximate surface area is 135 Å². The van der Waals surface area contributed by atoms with Crippen molar-refractivity contribution in [2.45, 2.75) is 44.2 Å². The van der Waals surface area contributed by atoms with Gasteiger partial charge in [0, 0.05) is 38.6 Å². The average Bonchev–Trinajstić information content (AvgIpc) is 3.30. The second kappa shape index (κ2) is 6.41. The predicted molar refractivity (Wildman–Crippen MR) is 82.7 cm³/mol. The molecule has 2 saturated heterocycles. The Bertz CT molecular complexity index is 646. The molecule has 2 aliphatic rings. The topological polar surface area (TPSA) is 69.2 Å². The first-order valence-electron chi connectivity index (χ1n) is 8.43. The average molecular weight is 317 g/mol. The molecule has 7 nitrogen and oxygen atoms in total. The fourth-order valence-corrected chi connectivity index (χ4v) is 3.63. The molecule has 0 aliphatic carbocycles. The van der Waals surface area contributed by atoms with Crippen molar-refractivity contribution in [1.29, 1.82) is 0 Å². The highest BCUT2D eigenvalue weighted by molar-refractivity contribution is 5.03. The molecule has 1 atom stereocenters. The number of aryl methyl sites for hydroxylation is 1. The summed E-state index contributed by atoms with van der Waals surface area (Å²) >= 11 is 0. The van der Waals surface area contributed by atoms with Crippen molar-refractivity contribution in [3.8, 4) is 0 Å². The van der Waals surface area contributed by atoms with Gasteiger partial charge < -0.3 is 13.8 Å². The molecule has 0 spiro atoms. The smallest absolute Gasteiger partial charge is 0.229 e. The molecule has 0 amide bonds. The van der Waals surface area contributed by atoms with Crippen LogP contribution in [0.1, 0.15) is 55.2 Å². The minimum atomic E-state index is 0.347. The van der Waals surface area contributed by atoms with Gasteiger partial charge in [-0.2, -0.15) is 4.98 Å². The van der Waals surface area contributed by atoms with E-state index in [2.05, 4.69) is 31.6 Å². The van der Waals surface area contributed by atoms with E-state index in [4.69, 9.17) is 9.26 Å². The Kier molecular flexibility index (Phi) is 4.13. The van der Waals surface area contributed by atoms with Gasteiger partial charge in [0.2, 0.25) is 5.89 Å². The number of imidazole rings is 1. The van der Waals surface area contributed by atoms with Crippen molar-refractivity contribution in [2.75, 3.05) is 19.8 Å². The van der Waals surface area contributed by atoms with Gasteiger partial charge in [0.25, 0.3) is 0 Å². The largest absolute Gasteiger partial charge is 0.381 e. The van der Waals surface area contributed by atoms with Gasteiger partial charge in [0.15, 0.2) is 5.82 Å². The van der Waals surface area contributed by atoms with Crippen molar-refractivity contribution in [3.63, 3.8) is 0 Å². The Morgan fingerprint density at radius 3 is 2.91 bits per heavy atom. The van der Waals surface area contributed by atoms with Crippen LogP contribution in [0.15, 0.2) is 16.9 Å². The summed E-state index contributed by atoms with van der Waals surface area (Å²) in [7, 11) is 2.05. The first kappa shape index (κ1) is 14.8. The highest BCUT2D eigenvalue weighted by Crippen LogP contribution is 2.32. The van der Waals surface area contributed by atoms with E-state index in [9.17, 15) is 0 Å². The maximum absolute atomic E-state index is 5.50. The lowest BCUT2D eigenvalue weighted by Crippen LogP contribution is -2.25. The van der Waals surface area contributed by atoms with Crippen LogP contribution in [0.3, 0.4) is 0 Å². The van der Waals surface area contributed by atoms with Gasteiger partial charge in [-0.1, -0.05) is 5.16 Å². The van der Waals surface area contributed by atoms with Gasteiger partial charge in [-0.3, -0.25) is 4.90 Å². The predicted octanol–water partition coefficient (Wildman–Crippen LogP) is 2.03. The van der Waals surface area contributed by atoms with Crippen molar-refractivity contribution in [2.24, 2.45) is 7.05 Å². The van der Waals surface area contributed by atoms with E-state index < -0.39 is 0 Å². The monoisotopic (exact) mass is 317 g/mol. The van der Waals surface area contributed by atoms with Crippen LogP contribution in [0, 0.1) is 0 Å². The number of hydrogen-bond acceptors (Lipinski definition) is 6. The van der Waals surface area contributed by atoms with Crippen molar-refractivity contribution < 1.29 is 9.26 Å². The summed E-state index contributed by atoms with van der Waals surface area (Å²) in [6.07, 6.45) is 8.13. The lowest BCUT2D eigenvalue weighted by Gasteiger charge is -2.22. The first-order valence-corrected chi connectivity index (χ1v) is 8.43. The molecule has 0 N–H and O–H groups in total. The van der Waals surface area contributed by atoms with Gasteiger partial charge in [0.05, 0.1) is 12.6 Å². The molecule has 2 aromatic rings. The normalized spacial score (nSPS) is 23.6. The SMILES string of the molecule is Cn1ccnc1C1CCCN1Cc1noc(C2CCOCC2)n1. The summed E-state index contributed by atoms with van der Waals surface area (Å²) in [5.41, 5.74) is 0.